The maximum atomic E-state index is 12.0. The number of hydrogen-bond donors (Lipinski definition) is 2. The van der Waals surface area contributed by atoms with Crippen LogP contribution in [0.4, 0.5) is 0 Å². The smallest absolute Gasteiger partial charge is 0.248 e. The Labute approximate surface area is 131 Å². The normalized spacial score (nSPS) is 21.0. The fraction of sp³-hybridized carbons (Fsp3) is 0.133. The first kappa shape index (κ1) is 14.2. The van der Waals surface area contributed by atoms with Crippen molar-refractivity contribution in [3.8, 4) is 6.07 Å². The number of rotatable bonds is 2. The highest BCUT2D eigenvalue weighted by Gasteiger charge is 2.43. The largest absolute Gasteiger partial charge is 0.384 e. The zero-order chi connectivity index (χ0) is 15.9. The van der Waals surface area contributed by atoms with Crippen LogP contribution in [0, 0.1) is 11.3 Å². The Morgan fingerprint density at radius 2 is 2.05 bits per heavy atom. The van der Waals surface area contributed by atoms with Gasteiger partial charge in [0.15, 0.2) is 0 Å². The van der Waals surface area contributed by atoms with E-state index in [-0.39, 0.29) is 28.6 Å². The van der Waals surface area contributed by atoms with Crippen LogP contribution in [0.15, 0.2) is 52.3 Å². The van der Waals surface area contributed by atoms with E-state index in [0.29, 0.717) is 5.03 Å². The number of hydrogen-bond acceptors (Lipinski definition) is 5. The molecule has 2 amide bonds. The number of allylic oxidation sites excluding steroid dienone is 1. The Morgan fingerprint density at radius 1 is 1.36 bits per heavy atom. The van der Waals surface area contributed by atoms with Crippen LogP contribution in [-0.4, -0.2) is 22.5 Å². The van der Waals surface area contributed by atoms with Gasteiger partial charge in [-0.3, -0.25) is 14.5 Å². The molecule has 3 rings (SSSR count). The number of benzene rings is 1. The molecule has 2 aliphatic rings. The van der Waals surface area contributed by atoms with Crippen LogP contribution in [-0.2, 0) is 9.59 Å². The van der Waals surface area contributed by atoms with Crippen molar-refractivity contribution >= 4 is 23.6 Å². The highest BCUT2D eigenvalue weighted by molar-refractivity contribution is 8.04. The molecular formula is C15H12N4O2S. The molecule has 6 nitrogen and oxygen atoms in total. The third-order valence-electron chi connectivity index (χ3n) is 3.63. The maximum absolute atomic E-state index is 12.0. The molecule has 0 bridgehead atoms. The Morgan fingerprint density at radius 3 is 2.64 bits per heavy atom. The molecule has 7 heteroatoms. The summed E-state index contributed by atoms with van der Waals surface area (Å²) in [6, 6.07) is 11.1. The quantitative estimate of drug-likeness (QED) is 0.836. The van der Waals surface area contributed by atoms with Crippen molar-refractivity contribution in [2.75, 3.05) is 5.75 Å². The van der Waals surface area contributed by atoms with Crippen molar-refractivity contribution in [1.82, 2.24) is 4.90 Å². The summed E-state index contributed by atoms with van der Waals surface area (Å²) < 4.78 is 0. The Hall–Kier alpha value is -2.72. The van der Waals surface area contributed by atoms with E-state index in [2.05, 4.69) is 0 Å². The third kappa shape index (κ3) is 1.96. The summed E-state index contributed by atoms with van der Waals surface area (Å²) in [4.78, 5) is 25.2. The number of amides is 2. The monoisotopic (exact) mass is 312 g/mol. The van der Waals surface area contributed by atoms with E-state index in [9.17, 15) is 14.9 Å². The zero-order valence-electron chi connectivity index (χ0n) is 11.4. The molecule has 1 atom stereocenters. The molecule has 1 fully saturated rings. The lowest BCUT2D eigenvalue weighted by Crippen LogP contribution is -2.37. The van der Waals surface area contributed by atoms with Crippen molar-refractivity contribution in [2.24, 2.45) is 11.5 Å². The number of nitriles is 1. The van der Waals surface area contributed by atoms with Crippen molar-refractivity contribution < 1.29 is 9.59 Å². The first-order valence-electron chi connectivity index (χ1n) is 6.50. The summed E-state index contributed by atoms with van der Waals surface area (Å²) in [6.45, 7) is 0. The Bertz CT molecular complexity index is 776. The van der Waals surface area contributed by atoms with Crippen molar-refractivity contribution in [3.05, 3.63) is 57.9 Å². The van der Waals surface area contributed by atoms with Gasteiger partial charge in [-0.1, -0.05) is 42.1 Å². The van der Waals surface area contributed by atoms with Crippen molar-refractivity contribution in [2.45, 2.75) is 5.92 Å². The lowest BCUT2D eigenvalue weighted by molar-refractivity contribution is -0.124. The van der Waals surface area contributed by atoms with Gasteiger partial charge in [0, 0.05) is 0 Å². The predicted octanol–water partition coefficient (Wildman–Crippen LogP) is 0.750. The molecule has 1 aromatic carbocycles. The van der Waals surface area contributed by atoms with Crippen LogP contribution >= 0.6 is 11.8 Å². The van der Waals surface area contributed by atoms with Gasteiger partial charge in [-0.25, -0.2) is 0 Å². The second kappa shape index (κ2) is 5.24. The fourth-order valence-corrected chi connectivity index (χ4v) is 3.79. The highest BCUT2D eigenvalue weighted by Crippen LogP contribution is 2.46. The lowest BCUT2D eigenvalue weighted by atomic mass is 9.83. The summed E-state index contributed by atoms with van der Waals surface area (Å²) in [5.41, 5.74) is 12.7. The van der Waals surface area contributed by atoms with Crippen molar-refractivity contribution in [1.29, 1.82) is 5.26 Å². The minimum Gasteiger partial charge on any atom is -0.384 e. The Kier molecular flexibility index (Phi) is 3.39. The van der Waals surface area contributed by atoms with Crippen LogP contribution < -0.4 is 11.5 Å². The van der Waals surface area contributed by atoms with Crippen LogP contribution in [0.5, 0.6) is 0 Å². The van der Waals surface area contributed by atoms with Gasteiger partial charge in [-0.05, 0) is 5.56 Å². The zero-order valence-corrected chi connectivity index (χ0v) is 12.3. The topological polar surface area (TPSA) is 113 Å². The molecule has 1 aromatic rings. The number of carbonyl (C=O) groups is 2. The van der Waals surface area contributed by atoms with E-state index < -0.39 is 11.8 Å². The number of primary amides is 1. The minimum atomic E-state index is -0.656. The first-order valence-corrected chi connectivity index (χ1v) is 7.49. The summed E-state index contributed by atoms with van der Waals surface area (Å²) in [7, 11) is 0. The summed E-state index contributed by atoms with van der Waals surface area (Å²) in [5.74, 6) is -1.31. The summed E-state index contributed by atoms with van der Waals surface area (Å²) in [6.07, 6.45) is 0. The van der Waals surface area contributed by atoms with Gasteiger partial charge in [-0.2, -0.15) is 5.26 Å². The molecule has 1 saturated heterocycles. The molecule has 2 heterocycles. The predicted molar refractivity (Wildman–Crippen MR) is 81.5 cm³/mol. The van der Waals surface area contributed by atoms with Gasteiger partial charge < -0.3 is 11.5 Å². The van der Waals surface area contributed by atoms with Crippen LogP contribution in [0.1, 0.15) is 11.5 Å². The molecule has 0 spiro atoms. The first-order chi connectivity index (χ1) is 10.6. The second-order valence-corrected chi connectivity index (χ2v) is 5.82. The van der Waals surface area contributed by atoms with Crippen molar-refractivity contribution in [3.63, 3.8) is 0 Å². The standard InChI is InChI=1S/C15H12N4O2S/c16-6-9-11(8-4-2-1-3-5-8)12(14(18)21)15-19(13(9)17)10(20)7-22-15/h1-5,11H,7,17H2,(H2,18,21)/t11-/m0/s1. The van der Waals surface area contributed by atoms with E-state index in [1.807, 2.05) is 24.3 Å². The number of nitrogens with two attached hydrogens (primary N) is 2. The molecule has 0 radical (unpaired) electrons. The van der Waals surface area contributed by atoms with E-state index in [1.165, 1.54) is 16.7 Å². The average Bonchev–Trinajstić information content (AvgIpc) is 2.89. The van der Waals surface area contributed by atoms with E-state index >= 15 is 0 Å². The molecular weight excluding hydrogens is 300 g/mol. The second-order valence-electron chi connectivity index (χ2n) is 4.86. The minimum absolute atomic E-state index is 0.0753. The lowest BCUT2D eigenvalue weighted by Gasteiger charge is -2.31. The maximum Gasteiger partial charge on any atom is 0.248 e. The third-order valence-corrected chi connectivity index (χ3v) is 4.70. The van der Waals surface area contributed by atoms with E-state index in [4.69, 9.17) is 11.5 Å². The van der Waals surface area contributed by atoms with Gasteiger partial charge in [0.25, 0.3) is 0 Å². The van der Waals surface area contributed by atoms with Gasteiger partial charge in [0.2, 0.25) is 11.8 Å². The number of fused-ring (bicyclic) bond motifs is 1. The SMILES string of the molecule is N#CC1=C(N)N2C(=O)CSC2=C(C(N)=O)[C@H]1c1ccccc1. The van der Waals surface area contributed by atoms with Crippen LogP contribution in [0.2, 0.25) is 0 Å². The number of thioether (sulfide) groups is 1. The molecule has 0 saturated carbocycles. The van der Waals surface area contributed by atoms with Gasteiger partial charge in [-0.15, -0.1) is 0 Å². The average molecular weight is 312 g/mol. The van der Waals surface area contributed by atoms with Gasteiger partial charge >= 0.3 is 0 Å². The number of nitrogens with zero attached hydrogens (tertiary/aromatic N) is 2. The molecule has 0 aromatic heterocycles. The van der Waals surface area contributed by atoms with E-state index in [1.54, 1.807) is 12.1 Å². The highest BCUT2D eigenvalue weighted by atomic mass is 32.2. The molecule has 2 aliphatic heterocycles. The molecule has 22 heavy (non-hydrogen) atoms. The molecule has 110 valence electrons. The molecule has 0 unspecified atom stereocenters. The van der Waals surface area contributed by atoms with Gasteiger partial charge in [0.05, 0.1) is 33.9 Å². The molecule has 0 aliphatic carbocycles. The summed E-state index contributed by atoms with van der Waals surface area (Å²) in [5, 5.41) is 9.92. The molecule has 4 N–H and O–H groups in total. The van der Waals surface area contributed by atoms with E-state index in [0.717, 1.165) is 5.56 Å². The summed E-state index contributed by atoms with van der Waals surface area (Å²) >= 11 is 1.22. The van der Waals surface area contributed by atoms with Gasteiger partial charge in [0.1, 0.15) is 5.82 Å². The fourth-order valence-electron chi connectivity index (χ4n) is 2.70. The number of carbonyl (C=O) groups excluding carboxylic acids is 2. The van der Waals surface area contributed by atoms with Crippen LogP contribution in [0.3, 0.4) is 0 Å². The Balaban J connectivity index is 2.28. The van der Waals surface area contributed by atoms with Crippen LogP contribution in [0.25, 0.3) is 0 Å².